The molecule has 0 aliphatic carbocycles. The van der Waals surface area contributed by atoms with Gasteiger partial charge in [-0.25, -0.2) is 0 Å². The molecule has 14 heavy (non-hydrogen) atoms. The van der Waals surface area contributed by atoms with Crippen LogP contribution in [0.15, 0.2) is 24.3 Å². The van der Waals surface area contributed by atoms with Crippen LogP contribution in [-0.4, -0.2) is 13.7 Å². The molecule has 0 aromatic heterocycles. The number of ether oxygens (including phenoxy) is 1. The summed E-state index contributed by atoms with van der Waals surface area (Å²) in [5.74, 6) is 1.61. The lowest BCUT2D eigenvalue weighted by Gasteiger charge is -2.13. The van der Waals surface area contributed by atoms with E-state index in [1.165, 1.54) is 6.42 Å². The van der Waals surface area contributed by atoms with Crippen LogP contribution in [0.5, 0.6) is 5.75 Å². The Morgan fingerprint density at radius 2 is 2.07 bits per heavy atom. The van der Waals surface area contributed by atoms with Gasteiger partial charge in [-0.2, -0.15) is 0 Å². The van der Waals surface area contributed by atoms with Gasteiger partial charge >= 0.3 is 0 Å². The average Bonchev–Trinajstić information content (AvgIpc) is 2.26. The molecule has 2 heteroatoms. The van der Waals surface area contributed by atoms with E-state index in [2.05, 4.69) is 19.2 Å². The Labute approximate surface area is 86.3 Å². The Bertz CT molecular complexity index is 273. The minimum Gasteiger partial charge on any atom is -0.495 e. The van der Waals surface area contributed by atoms with Gasteiger partial charge in [-0.05, 0) is 18.1 Å². The van der Waals surface area contributed by atoms with Crippen LogP contribution in [0.3, 0.4) is 0 Å². The smallest absolute Gasteiger partial charge is 0.141 e. The molecule has 0 heterocycles. The second-order valence-corrected chi connectivity index (χ2v) is 3.59. The third kappa shape index (κ3) is 2.95. The predicted molar refractivity (Wildman–Crippen MR) is 60.9 cm³/mol. The van der Waals surface area contributed by atoms with Crippen LogP contribution in [0.4, 0.5) is 5.69 Å². The minimum atomic E-state index is 0.694. The summed E-state index contributed by atoms with van der Waals surface area (Å²) in [7, 11) is 1.70. The molecule has 0 saturated heterocycles. The molecule has 0 saturated carbocycles. The molecule has 1 N–H and O–H groups in total. The Hall–Kier alpha value is -1.18. The van der Waals surface area contributed by atoms with Gasteiger partial charge in [0.2, 0.25) is 0 Å². The van der Waals surface area contributed by atoms with E-state index in [4.69, 9.17) is 4.74 Å². The number of hydrogen-bond donors (Lipinski definition) is 1. The summed E-state index contributed by atoms with van der Waals surface area (Å²) < 4.78 is 5.25. The lowest BCUT2D eigenvalue weighted by molar-refractivity contribution is 0.416. The third-order valence-electron chi connectivity index (χ3n) is 2.44. The lowest BCUT2D eigenvalue weighted by Crippen LogP contribution is -2.10. The highest BCUT2D eigenvalue weighted by Gasteiger charge is 2.02. The number of anilines is 1. The quantitative estimate of drug-likeness (QED) is 0.775. The van der Waals surface area contributed by atoms with Crippen LogP contribution in [0.25, 0.3) is 0 Å². The summed E-state index contributed by atoms with van der Waals surface area (Å²) in [5, 5.41) is 3.39. The van der Waals surface area contributed by atoms with Crippen molar-refractivity contribution < 1.29 is 4.74 Å². The Morgan fingerprint density at radius 3 is 2.71 bits per heavy atom. The zero-order valence-electron chi connectivity index (χ0n) is 9.21. The average molecular weight is 193 g/mol. The van der Waals surface area contributed by atoms with Crippen LogP contribution in [0.2, 0.25) is 0 Å². The fraction of sp³-hybridized carbons (Fsp3) is 0.500. The maximum absolute atomic E-state index is 5.25. The summed E-state index contributed by atoms with van der Waals surface area (Å²) >= 11 is 0. The highest BCUT2D eigenvalue weighted by atomic mass is 16.5. The van der Waals surface area contributed by atoms with Gasteiger partial charge in [0.05, 0.1) is 12.8 Å². The Kier molecular flexibility index (Phi) is 4.30. The zero-order valence-corrected chi connectivity index (χ0v) is 9.21. The van der Waals surface area contributed by atoms with E-state index >= 15 is 0 Å². The largest absolute Gasteiger partial charge is 0.495 e. The fourth-order valence-corrected chi connectivity index (χ4v) is 1.22. The Balaban J connectivity index is 2.57. The SMILES string of the molecule is CC[C@@H](C)CNc1ccccc1OC. The standard InChI is InChI=1S/C12H19NO/c1-4-10(2)9-13-11-7-5-6-8-12(11)14-3/h5-8,10,13H,4,9H2,1-3H3/t10-/m1/s1. The van der Waals surface area contributed by atoms with E-state index in [9.17, 15) is 0 Å². The first-order valence-corrected chi connectivity index (χ1v) is 5.14. The predicted octanol–water partition coefficient (Wildman–Crippen LogP) is 3.15. The van der Waals surface area contributed by atoms with Gasteiger partial charge < -0.3 is 10.1 Å². The van der Waals surface area contributed by atoms with Gasteiger partial charge in [0.25, 0.3) is 0 Å². The summed E-state index contributed by atoms with van der Waals surface area (Å²) in [4.78, 5) is 0. The number of nitrogens with one attached hydrogen (secondary N) is 1. The number of benzene rings is 1. The van der Waals surface area contributed by atoms with Crippen molar-refractivity contribution in [1.82, 2.24) is 0 Å². The molecule has 0 amide bonds. The van der Waals surface area contributed by atoms with Crippen molar-refractivity contribution in [3.8, 4) is 5.75 Å². The van der Waals surface area contributed by atoms with Crippen LogP contribution in [0.1, 0.15) is 20.3 Å². The van der Waals surface area contributed by atoms with Gasteiger partial charge in [0, 0.05) is 6.54 Å². The molecule has 0 bridgehead atoms. The molecule has 0 fully saturated rings. The molecule has 0 aliphatic heterocycles. The van der Waals surface area contributed by atoms with E-state index in [0.717, 1.165) is 18.0 Å². The molecular weight excluding hydrogens is 174 g/mol. The zero-order chi connectivity index (χ0) is 10.4. The minimum absolute atomic E-state index is 0.694. The maximum atomic E-state index is 5.25. The van der Waals surface area contributed by atoms with Crippen molar-refractivity contribution in [3.05, 3.63) is 24.3 Å². The van der Waals surface area contributed by atoms with Gasteiger partial charge in [0.15, 0.2) is 0 Å². The number of hydrogen-bond acceptors (Lipinski definition) is 2. The first kappa shape index (κ1) is 10.9. The van der Waals surface area contributed by atoms with Crippen LogP contribution in [-0.2, 0) is 0 Å². The van der Waals surface area contributed by atoms with Gasteiger partial charge in [-0.15, -0.1) is 0 Å². The van der Waals surface area contributed by atoms with Gasteiger partial charge in [-0.1, -0.05) is 32.4 Å². The van der Waals surface area contributed by atoms with E-state index in [1.54, 1.807) is 7.11 Å². The Morgan fingerprint density at radius 1 is 1.36 bits per heavy atom. The molecule has 1 rings (SSSR count). The fourth-order valence-electron chi connectivity index (χ4n) is 1.22. The van der Waals surface area contributed by atoms with E-state index < -0.39 is 0 Å². The van der Waals surface area contributed by atoms with E-state index in [-0.39, 0.29) is 0 Å². The van der Waals surface area contributed by atoms with Crippen molar-refractivity contribution in [1.29, 1.82) is 0 Å². The molecule has 1 aromatic carbocycles. The first-order chi connectivity index (χ1) is 6.77. The number of methoxy groups -OCH3 is 1. The van der Waals surface area contributed by atoms with E-state index in [0.29, 0.717) is 5.92 Å². The number of para-hydroxylation sites is 2. The molecule has 0 unspecified atom stereocenters. The molecule has 2 nitrogen and oxygen atoms in total. The first-order valence-electron chi connectivity index (χ1n) is 5.14. The molecular formula is C12H19NO. The highest BCUT2D eigenvalue weighted by Crippen LogP contribution is 2.23. The number of rotatable bonds is 5. The highest BCUT2D eigenvalue weighted by molar-refractivity contribution is 5.56. The molecule has 0 spiro atoms. The van der Waals surface area contributed by atoms with Crippen LogP contribution in [0, 0.1) is 5.92 Å². The van der Waals surface area contributed by atoms with Crippen molar-refractivity contribution in [2.24, 2.45) is 5.92 Å². The molecule has 0 aliphatic rings. The van der Waals surface area contributed by atoms with Crippen molar-refractivity contribution in [2.45, 2.75) is 20.3 Å². The summed E-state index contributed by atoms with van der Waals surface area (Å²) in [6.45, 7) is 5.44. The van der Waals surface area contributed by atoms with Crippen molar-refractivity contribution >= 4 is 5.69 Å². The molecule has 78 valence electrons. The van der Waals surface area contributed by atoms with E-state index in [1.807, 2.05) is 24.3 Å². The van der Waals surface area contributed by atoms with Crippen molar-refractivity contribution in [3.63, 3.8) is 0 Å². The maximum Gasteiger partial charge on any atom is 0.141 e. The van der Waals surface area contributed by atoms with Gasteiger partial charge in [0.1, 0.15) is 5.75 Å². The summed E-state index contributed by atoms with van der Waals surface area (Å²) in [6, 6.07) is 8.01. The topological polar surface area (TPSA) is 21.3 Å². The molecule has 1 atom stereocenters. The van der Waals surface area contributed by atoms with Crippen molar-refractivity contribution in [2.75, 3.05) is 19.0 Å². The van der Waals surface area contributed by atoms with Crippen LogP contribution < -0.4 is 10.1 Å². The normalized spacial score (nSPS) is 12.2. The summed E-state index contributed by atoms with van der Waals surface area (Å²) in [6.07, 6.45) is 1.20. The lowest BCUT2D eigenvalue weighted by atomic mass is 10.1. The molecule has 0 radical (unpaired) electrons. The monoisotopic (exact) mass is 193 g/mol. The summed E-state index contributed by atoms with van der Waals surface area (Å²) in [5.41, 5.74) is 1.08. The second-order valence-electron chi connectivity index (χ2n) is 3.59. The van der Waals surface area contributed by atoms with Crippen LogP contribution >= 0.6 is 0 Å². The van der Waals surface area contributed by atoms with Gasteiger partial charge in [-0.3, -0.25) is 0 Å². The second kappa shape index (κ2) is 5.53. The third-order valence-corrected chi connectivity index (χ3v) is 2.44. The molecule has 1 aromatic rings.